The molecule has 0 aliphatic carbocycles. The normalized spacial score (nSPS) is 18.4. The lowest BCUT2D eigenvalue weighted by Gasteiger charge is -2.29. The van der Waals surface area contributed by atoms with Gasteiger partial charge in [0, 0.05) is 31.6 Å². The highest BCUT2D eigenvalue weighted by molar-refractivity contribution is 7.91. The van der Waals surface area contributed by atoms with E-state index in [-0.39, 0.29) is 28.8 Å². The largest absolute Gasteiger partial charge is 0.465 e. The maximum Gasteiger partial charge on any atom is 0.340 e. The molecule has 2 aliphatic heterocycles. The molecule has 1 aromatic carbocycles. The highest BCUT2D eigenvalue weighted by Crippen LogP contribution is 2.38. The molecule has 1 saturated heterocycles. The van der Waals surface area contributed by atoms with E-state index in [1.54, 1.807) is 4.90 Å². The average Bonchev–Trinajstić information content (AvgIpc) is 3.50. The van der Waals surface area contributed by atoms with Crippen LogP contribution in [0, 0.1) is 0 Å². The molecular weight excluding hydrogens is 464 g/mol. The first-order valence-electron chi connectivity index (χ1n) is 11.0. The molecule has 2 aliphatic rings. The Bertz CT molecular complexity index is 1120. The highest BCUT2D eigenvalue weighted by atomic mass is 32.2. The zero-order valence-corrected chi connectivity index (χ0v) is 20.4. The number of carbonyl (C=O) groups excluding carboxylic acids is 2. The number of likely N-dealkylation sites (N-methyl/N-ethyl adjacent to an activating group) is 1. The number of nitrogens with zero attached hydrogens (tertiary/aromatic N) is 2. The van der Waals surface area contributed by atoms with Crippen LogP contribution in [-0.2, 0) is 43.7 Å². The van der Waals surface area contributed by atoms with E-state index in [1.165, 1.54) is 18.5 Å². The van der Waals surface area contributed by atoms with Gasteiger partial charge in [0.05, 0.1) is 19.2 Å². The van der Waals surface area contributed by atoms with Gasteiger partial charge in [0.1, 0.15) is 10.3 Å². The Balaban J connectivity index is 1.60. The van der Waals surface area contributed by atoms with E-state index in [9.17, 15) is 18.0 Å². The van der Waals surface area contributed by atoms with Crippen molar-refractivity contribution in [2.24, 2.45) is 0 Å². The fraction of sp³-hybridized carbons (Fsp3) is 0.478. The quantitative estimate of drug-likeness (QED) is 0.552. The lowest BCUT2D eigenvalue weighted by atomic mass is 10.0. The SMILES string of the molecule is COC(=O)c1c(S(=O)(=O)N(C)CCc2ccccc2)sc2c1CCN(C(=O)[C@H]1CCCO1)C2. The standard InChI is InChI=1S/C23H28N2O6S2/c1-24(12-10-16-7-4-3-5-8-16)33(28,29)23-20(22(27)30-2)17-11-13-25(15-19(17)32-23)21(26)18-9-6-14-31-18/h3-5,7-8,18H,6,9-15H2,1-2H3/t18-/m1/s1. The molecule has 0 saturated carbocycles. The lowest BCUT2D eigenvalue weighted by Crippen LogP contribution is -2.41. The smallest absolute Gasteiger partial charge is 0.340 e. The van der Waals surface area contributed by atoms with Crippen LogP contribution >= 0.6 is 11.3 Å². The number of benzene rings is 1. The second-order valence-electron chi connectivity index (χ2n) is 8.23. The van der Waals surface area contributed by atoms with Gasteiger partial charge in [-0.05, 0) is 36.8 Å². The van der Waals surface area contributed by atoms with E-state index in [4.69, 9.17) is 9.47 Å². The predicted molar refractivity (Wildman–Crippen MR) is 124 cm³/mol. The van der Waals surface area contributed by atoms with Gasteiger partial charge in [0.25, 0.3) is 15.9 Å². The van der Waals surface area contributed by atoms with Crippen LogP contribution < -0.4 is 0 Å². The van der Waals surface area contributed by atoms with Crippen LogP contribution in [0.4, 0.5) is 0 Å². The van der Waals surface area contributed by atoms with Crippen LogP contribution in [0.15, 0.2) is 34.5 Å². The average molecular weight is 493 g/mol. The summed E-state index contributed by atoms with van der Waals surface area (Å²) in [4.78, 5) is 27.9. The maximum absolute atomic E-state index is 13.5. The molecule has 0 bridgehead atoms. The van der Waals surface area contributed by atoms with Gasteiger partial charge in [-0.3, -0.25) is 4.79 Å². The summed E-state index contributed by atoms with van der Waals surface area (Å²) in [6, 6.07) is 9.63. The van der Waals surface area contributed by atoms with Gasteiger partial charge in [0.15, 0.2) is 0 Å². The predicted octanol–water partition coefficient (Wildman–Crippen LogP) is 2.46. The molecule has 33 heavy (non-hydrogen) atoms. The summed E-state index contributed by atoms with van der Waals surface area (Å²) in [6.45, 7) is 1.54. The minimum absolute atomic E-state index is 0.0127. The van der Waals surface area contributed by atoms with Crippen molar-refractivity contribution in [3.8, 4) is 0 Å². The first-order chi connectivity index (χ1) is 15.8. The van der Waals surface area contributed by atoms with Crippen molar-refractivity contribution in [2.75, 3.05) is 33.9 Å². The van der Waals surface area contributed by atoms with Crippen LogP contribution in [0.3, 0.4) is 0 Å². The summed E-state index contributed by atoms with van der Waals surface area (Å²) >= 11 is 1.06. The van der Waals surface area contributed by atoms with Gasteiger partial charge in [-0.1, -0.05) is 30.3 Å². The molecule has 0 spiro atoms. The number of methoxy groups -OCH3 is 1. The zero-order chi connectivity index (χ0) is 23.6. The topological polar surface area (TPSA) is 93.2 Å². The minimum atomic E-state index is -3.92. The molecule has 1 fully saturated rings. The van der Waals surface area contributed by atoms with Gasteiger partial charge >= 0.3 is 5.97 Å². The van der Waals surface area contributed by atoms with Crippen molar-refractivity contribution in [1.29, 1.82) is 0 Å². The van der Waals surface area contributed by atoms with E-state index < -0.39 is 22.1 Å². The van der Waals surface area contributed by atoms with Gasteiger partial charge in [-0.15, -0.1) is 11.3 Å². The van der Waals surface area contributed by atoms with E-state index >= 15 is 0 Å². The Kier molecular flexibility index (Phi) is 7.18. The summed E-state index contributed by atoms with van der Waals surface area (Å²) in [5.41, 5.74) is 1.80. The number of sulfonamides is 1. The molecule has 1 aromatic heterocycles. The van der Waals surface area contributed by atoms with E-state index in [2.05, 4.69) is 0 Å². The number of thiophene rings is 1. The second-order valence-corrected chi connectivity index (χ2v) is 11.6. The Morgan fingerprint density at radius 1 is 1.27 bits per heavy atom. The minimum Gasteiger partial charge on any atom is -0.465 e. The molecule has 2 aromatic rings. The van der Waals surface area contributed by atoms with Gasteiger partial charge < -0.3 is 14.4 Å². The molecule has 4 rings (SSSR count). The van der Waals surface area contributed by atoms with Gasteiger partial charge in [-0.2, -0.15) is 4.31 Å². The number of hydrogen-bond acceptors (Lipinski definition) is 7. The number of fused-ring (bicyclic) bond motifs is 1. The molecule has 0 N–H and O–H groups in total. The maximum atomic E-state index is 13.5. The first kappa shape index (κ1) is 23.9. The Hall–Kier alpha value is -2.27. The molecule has 1 amide bonds. The fourth-order valence-corrected chi connectivity index (χ4v) is 7.49. The fourth-order valence-electron chi connectivity index (χ4n) is 4.23. The molecule has 1 atom stereocenters. The molecule has 3 heterocycles. The number of ether oxygens (including phenoxy) is 2. The van der Waals surface area contributed by atoms with Crippen molar-refractivity contribution in [3.63, 3.8) is 0 Å². The molecule has 0 radical (unpaired) electrons. The molecule has 0 unspecified atom stereocenters. The van der Waals surface area contributed by atoms with Crippen molar-refractivity contribution >= 4 is 33.2 Å². The number of amides is 1. The Morgan fingerprint density at radius 2 is 2.03 bits per heavy atom. The Labute approximate surface area is 198 Å². The number of rotatable bonds is 7. The highest BCUT2D eigenvalue weighted by Gasteiger charge is 2.38. The van der Waals surface area contributed by atoms with E-state index in [0.29, 0.717) is 42.9 Å². The van der Waals surface area contributed by atoms with Crippen LogP contribution in [0.2, 0.25) is 0 Å². The summed E-state index contributed by atoms with van der Waals surface area (Å²) in [5, 5.41) is 0. The van der Waals surface area contributed by atoms with Crippen molar-refractivity contribution in [1.82, 2.24) is 9.21 Å². The third-order valence-electron chi connectivity index (χ3n) is 6.13. The summed E-state index contributed by atoms with van der Waals surface area (Å²) < 4.78 is 38.7. The second kappa shape index (κ2) is 9.92. The monoisotopic (exact) mass is 492 g/mol. The third-order valence-corrected chi connectivity index (χ3v) is 9.70. The van der Waals surface area contributed by atoms with Crippen molar-refractivity contribution in [3.05, 3.63) is 51.9 Å². The number of esters is 1. The third kappa shape index (κ3) is 4.84. The summed E-state index contributed by atoms with van der Waals surface area (Å²) in [5.74, 6) is -0.739. The lowest BCUT2D eigenvalue weighted by molar-refractivity contribution is -0.141. The van der Waals surface area contributed by atoms with Crippen LogP contribution in [0.1, 0.15) is 39.2 Å². The molecule has 10 heteroatoms. The zero-order valence-electron chi connectivity index (χ0n) is 18.8. The summed E-state index contributed by atoms with van der Waals surface area (Å²) in [6.07, 6.45) is 2.08. The summed E-state index contributed by atoms with van der Waals surface area (Å²) in [7, 11) is -1.15. The Morgan fingerprint density at radius 3 is 2.70 bits per heavy atom. The molecular formula is C23H28N2O6S2. The molecule has 8 nitrogen and oxygen atoms in total. The van der Waals surface area contributed by atoms with Crippen molar-refractivity contribution < 1.29 is 27.5 Å². The van der Waals surface area contributed by atoms with Crippen LogP contribution in [0.5, 0.6) is 0 Å². The first-order valence-corrected chi connectivity index (χ1v) is 13.2. The molecule has 178 valence electrons. The number of carbonyl (C=O) groups is 2. The number of hydrogen-bond donors (Lipinski definition) is 0. The van der Waals surface area contributed by atoms with E-state index in [0.717, 1.165) is 23.3 Å². The van der Waals surface area contributed by atoms with E-state index in [1.807, 2.05) is 30.3 Å². The van der Waals surface area contributed by atoms with Crippen molar-refractivity contribution in [2.45, 2.75) is 42.5 Å². The van der Waals surface area contributed by atoms with Gasteiger partial charge in [0.2, 0.25) is 0 Å². The van der Waals surface area contributed by atoms with Crippen LogP contribution in [-0.4, -0.2) is 69.5 Å². The van der Waals surface area contributed by atoms with Gasteiger partial charge in [-0.25, -0.2) is 13.2 Å². The van der Waals surface area contributed by atoms with Crippen LogP contribution in [0.25, 0.3) is 0 Å².